The van der Waals surface area contributed by atoms with Crippen molar-refractivity contribution in [1.82, 2.24) is 9.78 Å². The first-order valence-corrected chi connectivity index (χ1v) is 7.54. The number of hydrogen-bond donors (Lipinski definition) is 2. The Hall–Kier alpha value is -1.49. The molecule has 4 nitrogen and oxygen atoms in total. The van der Waals surface area contributed by atoms with E-state index in [1.807, 2.05) is 11.7 Å². The van der Waals surface area contributed by atoms with Crippen LogP contribution >= 0.6 is 11.3 Å². The predicted octanol–water partition coefficient (Wildman–Crippen LogP) is 3.75. The molecule has 2 aromatic rings. The lowest BCUT2D eigenvalue weighted by Crippen LogP contribution is -2.12. The molecule has 0 saturated carbocycles. The Morgan fingerprint density at radius 1 is 1.47 bits per heavy atom. The van der Waals surface area contributed by atoms with Crippen LogP contribution in [0.2, 0.25) is 0 Å². The maximum absolute atomic E-state index is 6.22. The van der Waals surface area contributed by atoms with Gasteiger partial charge in [-0.25, -0.2) is 0 Å². The first-order valence-electron chi connectivity index (χ1n) is 6.66. The number of aryl methyl sites for hydroxylation is 1. The van der Waals surface area contributed by atoms with Gasteiger partial charge in [-0.05, 0) is 23.8 Å². The summed E-state index contributed by atoms with van der Waals surface area (Å²) in [7, 11) is 1.94. The fourth-order valence-corrected chi connectivity index (χ4v) is 3.05. The number of rotatable bonds is 5. The van der Waals surface area contributed by atoms with Crippen molar-refractivity contribution in [3.8, 4) is 0 Å². The molecule has 0 aromatic carbocycles. The highest BCUT2D eigenvalue weighted by Crippen LogP contribution is 2.32. The van der Waals surface area contributed by atoms with Gasteiger partial charge in [0.05, 0.1) is 17.4 Å². The summed E-state index contributed by atoms with van der Waals surface area (Å²) in [6.45, 7) is 6.39. The van der Waals surface area contributed by atoms with Gasteiger partial charge in [0.2, 0.25) is 0 Å². The summed E-state index contributed by atoms with van der Waals surface area (Å²) in [6, 6.07) is 4.52. The van der Waals surface area contributed by atoms with Crippen molar-refractivity contribution in [2.75, 3.05) is 11.1 Å². The highest BCUT2D eigenvalue weighted by molar-refractivity contribution is 7.10. The van der Waals surface area contributed by atoms with E-state index >= 15 is 0 Å². The number of hydrogen-bond acceptors (Lipinski definition) is 4. The van der Waals surface area contributed by atoms with Gasteiger partial charge in [-0.3, -0.25) is 4.68 Å². The van der Waals surface area contributed by atoms with Crippen molar-refractivity contribution in [3.63, 3.8) is 0 Å². The topological polar surface area (TPSA) is 55.9 Å². The van der Waals surface area contributed by atoms with E-state index in [-0.39, 0.29) is 6.04 Å². The van der Waals surface area contributed by atoms with Gasteiger partial charge in [0.15, 0.2) is 0 Å². The summed E-state index contributed by atoms with van der Waals surface area (Å²) in [6.07, 6.45) is 1.02. The summed E-state index contributed by atoms with van der Waals surface area (Å²) in [5, 5.41) is 10.1. The Balaban J connectivity index is 2.27. The molecule has 0 amide bonds. The second kappa shape index (κ2) is 5.65. The van der Waals surface area contributed by atoms with Crippen LogP contribution in [0.15, 0.2) is 17.5 Å². The van der Waals surface area contributed by atoms with Crippen molar-refractivity contribution in [2.45, 2.75) is 39.2 Å². The Bertz CT molecular complexity index is 528. The zero-order valence-electron chi connectivity index (χ0n) is 12.0. The standard InChI is InChI=1S/C14H22N4S/c1-5-10(11-7-6-8-19-11)16-14-12(15)13(9(2)3)17-18(14)4/h6-10,16H,5,15H2,1-4H3. The van der Waals surface area contributed by atoms with Crippen molar-refractivity contribution in [3.05, 3.63) is 28.1 Å². The lowest BCUT2D eigenvalue weighted by atomic mass is 10.1. The number of nitrogens with two attached hydrogens (primary N) is 1. The monoisotopic (exact) mass is 278 g/mol. The maximum atomic E-state index is 6.22. The number of nitrogens with zero attached hydrogens (tertiary/aromatic N) is 2. The minimum atomic E-state index is 0.290. The SMILES string of the molecule is CCC(Nc1c(N)c(C(C)C)nn1C)c1cccs1. The minimum absolute atomic E-state index is 0.290. The summed E-state index contributed by atoms with van der Waals surface area (Å²) < 4.78 is 1.85. The third kappa shape index (κ3) is 2.76. The van der Waals surface area contributed by atoms with E-state index < -0.39 is 0 Å². The largest absolute Gasteiger partial charge is 0.394 e. The molecule has 1 unspecified atom stereocenters. The second-order valence-electron chi connectivity index (χ2n) is 5.05. The van der Waals surface area contributed by atoms with E-state index in [4.69, 9.17) is 5.73 Å². The number of nitrogens with one attached hydrogen (secondary N) is 1. The minimum Gasteiger partial charge on any atom is -0.394 e. The molecule has 0 fully saturated rings. The molecular formula is C14H22N4S. The molecule has 0 aliphatic heterocycles. The number of thiophene rings is 1. The highest BCUT2D eigenvalue weighted by atomic mass is 32.1. The Kier molecular flexibility index (Phi) is 4.14. The lowest BCUT2D eigenvalue weighted by molar-refractivity contribution is 0.695. The zero-order valence-corrected chi connectivity index (χ0v) is 12.8. The van der Waals surface area contributed by atoms with Gasteiger partial charge >= 0.3 is 0 Å². The summed E-state index contributed by atoms with van der Waals surface area (Å²) >= 11 is 1.77. The van der Waals surface area contributed by atoms with Gasteiger partial charge < -0.3 is 11.1 Å². The maximum Gasteiger partial charge on any atom is 0.148 e. The molecule has 0 saturated heterocycles. The first-order chi connectivity index (χ1) is 9.04. The number of anilines is 2. The molecule has 0 aliphatic rings. The molecule has 0 aliphatic carbocycles. The van der Waals surface area contributed by atoms with Crippen LogP contribution in [0.4, 0.5) is 11.5 Å². The van der Waals surface area contributed by atoms with Crippen LogP contribution in [-0.4, -0.2) is 9.78 Å². The number of nitrogen functional groups attached to an aromatic ring is 1. The molecular weight excluding hydrogens is 256 g/mol. The molecule has 1 atom stereocenters. The second-order valence-corrected chi connectivity index (χ2v) is 6.03. The molecule has 0 spiro atoms. The van der Waals surface area contributed by atoms with E-state index in [2.05, 4.69) is 48.7 Å². The molecule has 5 heteroatoms. The third-order valence-corrected chi connectivity index (χ3v) is 4.25. The Morgan fingerprint density at radius 2 is 2.21 bits per heavy atom. The fraction of sp³-hybridized carbons (Fsp3) is 0.500. The molecule has 3 N–H and O–H groups in total. The van der Waals surface area contributed by atoms with Gasteiger partial charge in [0, 0.05) is 11.9 Å². The molecule has 2 rings (SSSR count). The average molecular weight is 278 g/mol. The van der Waals surface area contributed by atoms with Crippen LogP contribution in [0.5, 0.6) is 0 Å². The summed E-state index contributed by atoms with van der Waals surface area (Å²) in [4.78, 5) is 1.33. The van der Waals surface area contributed by atoms with Crippen LogP contribution in [0.25, 0.3) is 0 Å². The molecule has 2 aromatic heterocycles. The third-order valence-electron chi connectivity index (χ3n) is 3.27. The van der Waals surface area contributed by atoms with E-state index in [0.29, 0.717) is 5.92 Å². The molecule has 19 heavy (non-hydrogen) atoms. The van der Waals surface area contributed by atoms with E-state index in [1.165, 1.54) is 4.88 Å². The summed E-state index contributed by atoms with van der Waals surface area (Å²) in [5.41, 5.74) is 7.95. The smallest absolute Gasteiger partial charge is 0.148 e. The molecule has 104 valence electrons. The van der Waals surface area contributed by atoms with Crippen LogP contribution < -0.4 is 11.1 Å². The zero-order chi connectivity index (χ0) is 14.0. The lowest BCUT2D eigenvalue weighted by Gasteiger charge is -2.17. The van der Waals surface area contributed by atoms with Crippen LogP contribution in [-0.2, 0) is 7.05 Å². The van der Waals surface area contributed by atoms with Crippen molar-refractivity contribution in [1.29, 1.82) is 0 Å². The molecule has 2 heterocycles. The summed E-state index contributed by atoms with van der Waals surface area (Å²) in [5.74, 6) is 1.26. The van der Waals surface area contributed by atoms with Crippen LogP contribution in [0.1, 0.15) is 49.7 Å². The average Bonchev–Trinajstić information content (AvgIpc) is 2.97. The van der Waals surface area contributed by atoms with E-state index in [0.717, 1.165) is 23.6 Å². The predicted molar refractivity (Wildman–Crippen MR) is 82.7 cm³/mol. The van der Waals surface area contributed by atoms with Crippen molar-refractivity contribution < 1.29 is 0 Å². The first kappa shape index (κ1) is 13.9. The van der Waals surface area contributed by atoms with Crippen molar-refractivity contribution in [2.24, 2.45) is 7.05 Å². The van der Waals surface area contributed by atoms with Crippen molar-refractivity contribution >= 4 is 22.8 Å². The Morgan fingerprint density at radius 3 is 2.68 bits per heavy atom. The fourth-order valence-electron chi connectivity index (χ4n) is 2.19. The van der Waals surface area contributed by atoms with Gasteiger partial charge in [-0.15, -0.1) is 11.3 Å². The Labute approximate surface area is 118 Å². The van der Waals surface area contributed by atoms with E-state index in [1.54, 1.807) is 11.3 Å². The van der Waals surface area contributed by atoms with Crippen LogP contribution in [0.3, 0.4) is 0 Å². The normalized spacial score (nSPS) is 12.9. The quantitative estimate of drug-likeness (QED) is 0.875. The van der Waals surface area contributed by atoms with Gasteiger partial charge in [-0.2, -0.15) is 5.10 Å². The molecule has 0 radical (unpaired) electrons. The van der Waals surface area contributed by atoms with Crippen LogP contribution in [0, 0.1) is 0 Å². The van der Waals surface area contributed by atoms with Gasteiger partial charge in [-0.1, -0.05) is 26.8 Å². The molecule has 0 bridgehead atoms. The van der Waals surface area contributed by atoms with Gasteiger partial charge in [0.1, 0.15) is 5.82 Å². The number of aromatic nitrogens is 2. The van der Waals surface area contributed by atoms with E-state index in [9.17, 15) is 0 Å². The van der Waals surface area contributed by atoms with Gasteiger partial charge in [0.25, 0.3) is 0 Å². The highest BCUT2D eigenvalue weighted by Gasteiger charge is 2.19.